The normalized spacial score (nSPS) is 51.3. The summed E-state index contributed by atoms with van der Waals surface area (Å²) in [6.07, 6.45) is 15.4. The second-order valence-electron chi connectivity index (χ2n) is 10.9. The van der Waals surface area contributed by atoms with Crippen LogP contribution in [0.25, 0.3) is 0 Å². The van der Waals surface area contributed by atoms with Gasteiger partial charge in [0.2, 0.25) is 0 Å². The van der Waals surface area contributed by atoms with Gasteiger partial charge in [0.1, 0.15) is 0 Å². The summed E-state index contributed by atoms with van der Waals surface area (Å²) >= 11 is 0. The largest absolute Gasteiger partial charge is 0.400 e. The third-order valence-corrected chi connectivity index (χ3v) is 10.9. The van der Waals surface area contributed by atoms with Gasteiger partial charge in [-0.1, -0.05) is 34.6 Å². The van der Waals surface area contributed by atoms with Crippen molar-refractivity contribution in [1.82, 2.24) is 5.32 Å². The molecular formula is C26H52N2O. The molecule has 5 aliphatic carbocycles. The van der Waals surface area contributed by atoms with Gasteiger partial charge in [-0.3, -0.25) is 0 Å². The zero-order valence-corrected chi connectivity index (χ0v) is 19.6. The molecule has 9 atom stereocenters. The Morgan fingerprint density at radius 1 is 0.897 bits per heavy atom. The summed E-state index contributed by atoms with van der Waals surface area (Å²) in [7, 11) is 4.70. The number of fused-ring (bicyclic) bond motifs is 2. The number of nitrogens with one attached hydrogen (secondary N) is 1. The maximum atomic E-state index is 7.00. The molecule has 5 fully saturated rings. The highest BCUT2D eigenvalue weighted by Crippen LogP contribution is 2.85. The minimum absolute atomic E-state index is 0. The first-order valence-electron chi connectivity index (χ1n) is 12.2. The first-order chi connectivity index (χ1) is 13.5. The molecule has 0 amide bonds. The molecule has 0 saturated heterocycles. The Morgan fingerprint density at radius 3 is 2.10 bits per heavy atom. The zero-order chi connectivity index (χ0) is 20.7. The van der Waals surface area contributed by atoms with Crippen LogP contribution in [0.1, 0.15) is 92.4 Å². The van der Waals surface area contributed by atoms with Crippen LogP contribution < -0.4 is 11.1 Å². The standard InChI is InChI=1S/C23H39N.CH5N.CH4O.CH4/c1-5-16-6-7-18-19-9-8-17-15(2)20(24-4)10-11-22(17)14-23(19,22)13-12-21(16,18)3;2*1-2;/h15-20,24H,5-14H2,1-4H3;2H2,1H3;2H,1H3;1H4. The molecule has 0 radical (unpaired) electrons. The molecule has 3 nitrogen and oxygen atoms in total. The molecule has 0 aromatic rings. The van der Waals surface area contributed by atoms with Gasteiger partial charge in [-0.05, 0) is 118 Å². The maximum Gasteiger partial charge on any atom is 0.0319 e. The van der Waals surface area contributed by atoms with E-state index in [9.17, 15) is 0 Å². The monoisotopic (exact) mass is 408 g/mol. The lowest BCUT2D eigenvalue weighted by atomic mass is 9.48. The van der Waals surface area contributed by atoms with E-state index in [4.69, 9.17) is 5.11 Å². The van der Waals surface area contributed by atoms with Crippen LogP contribution >= 0.6 is 0 Å². The Bertz CT molecular complexity index is 539. The second kappa shape index (κ2) is 9.17. The number of aliphatic hydroxyl groups excluding tert-OH is 1. The zero-order valence-electron chi connectivity index (χ0n) is 19.6. The van der Waals surface area contributed by atoms with Crippen molar-refractivity contribution in [3.05, 3.63) is 0 Å². The quantitative estimate of drug-likeness (QED) is 0.568. The lowest BCUT2D eigenvalue weighted by molar-refractivity contribution is -0.0787. The van der Waals surface area contributed by atoms with Gasteiger partial charge in [0.05, 0.1) is 0 Å². The van der Waals surface area contributed by atoms with Crippen molar-refractivity contribution < 1.29 is 5.11 Å². The number of hydrogen-bond acceptors (Lipinski definition) is 3. The third kappa shape index (κ3) is 3.24. The van der Waals surface area contributed by atoms with E-state index in [0.29, 0.717) is 5.41 Å². The van der Waals surface area contributed by atoms with Crippen LogP contribution in [0.15, 0.2) is 0 Å². The van der Waals surface area contributed by atoms with Gasteiger partial charge in [0, 0.05) is 13.2 Å². The van der Waals surface area contributed by atoms with Gasteiger partial charge in [0.25, 0.3) is 0 Å². The van der Waals surface area contributed by atoms with Crippen molar-refractivity contribution in [2.45, 2.75) is 98.4 Å². The predicted octanol–water partition coefficient (Wildman–Crippen LogP) is 5.46. The minimum Gasteiger partial charge on any atom is -0.400 e. The predicted molar refractivity (Wildman–Crippen MR) is 126 cm³/mol. The number of rotatable bonds is 2. The van der Waals surface area contributed by atoms with E-state index in [-0.39, 0.29) is 7.43 Å². The Balaban J connectivity index is 0.000000567. The summed E-state index contributed by atoms with van der Waals surface area (Å²) in [5.74, 6) is 5.15. The molecule has 5 aliphatic rings. The van der Waals surface area contributed by atoms with Crippen molar-refractivity contribution in [3.63, 3.8) is 0 Å². The van der Waals surface area contributed by atoms with Crippen LogP contribution in [0.2, 0.25) is 0 Å². The van der Waals surface area contributed by atoms with Crippen LogP contribution in [-0.2, 0) is 0 Å². The Kier molecular flexibility index (Phi) is 7.95. The highest BCUT2D eigenvalue weighted by Gasteiger charge is 2.78. The number of hydrogen-bond donors (Lipinski definition) is 3. The molecule has 0 bridgehead atoms. The minimum atomic E-state index is 0. The molecular weight excluding hydrogens is 356 g/mol. The molecule has 5 rings (SSSR count). The van der Waals surface area contributed by atoms with E-state index in [1.54, 1.807) is 51.4 Å². The molecule has 2 spiro atoms. The van der Waals surface area contributed by atoms with E-state index in [0.717, 1.165) is 53.6 Å². The fourth-order valence-corrected chi connectivity index (χ4v) is 9.75. The molecule has 0 aromatic heterocycles. The van der Waals surface area contributed by atoms with Crippen LogP contribution in [-0.4, -0.2) is 32.4 Å². The lowest BCUT2D eigenvalue weighted by Crippen LogP contribution is -2.52. The molecule has 29 heavy (non-hydrogen) atoms. The summed E-state index contributed by atoms with van der Waals surface area (Å²) in [5.41, 5.74) is 6.79. The molecule has 4 N–H and O–H groups in total. The third-order valence-electron chi connectivity index (χ3n) is 10.9. The van der Waals surface area contributed by atoms with Crippen LogP contribution in [0.3, 0.4) is 0 Å². The van der Waals surface area contributed by atoms with Gasteiger partial charge in [-0.15, -0.1) is 0 Å². The fourth-order valence-electron chi connectivity index (χ4n) is 9.75. The first-order valence-corrected chi connectivity index (χ1v) is 12.2. The van der Waals surface area contributed by atoms with Crippen LogP contribution in [0, 0.1) is 45.8 Å². The van der Waals surface area contributed by atoms with E-state index in [2.05, 4.69) is 38.9 Å². The van der Waals surface area contributed by atoms with Crippen molar-refractivity contribution >= 4 is 0 Å². The van der Waals surface area contributed by atoms with E-state index >= 15 is 0 Å². The summed E-state index contributed by atoms with van der Waals surface area (Å²) in [4.78, 5) is 0. The summed E-state index contributed by atoms with van der Waals surface area (Å²) in [6.45, 7) is 7.74. The molecule has 3 heteroatoms. The van der Waals surface area contributed by atoms with Gasteiger partial charge in [-0.2, -0.15) is 0 Å². The fraction of sp³-hybridized carbons (Fsp3) is 1.00. The van der Waals surface area contributed by atoms with Crippen molar-refractivity contribution in [3.8, 4) is 0 Å². The Labute approximate surface area is 182 Å². The second-order valence-corrected chi connectivity index (χ2v) is 10.9. The summed E-state index contributed by atoms with van der Waals surface area (Å²) in [5, 5.41) is 10.6. The number of nitrogens with two attached hydrogens (primary N) is 1. The summed E-state index contributed by atoms with van der Waals surface area (Å²) in [6, 6.07) is 0.791. The van der Waals surface area contributed by atoms with Crippen molar-refractivity contribution in [1.29, 1.82) is 0 Å². The van der Waals surface area contributed by atoms with E-state index < -0.39 is 0 Å². The molecule has 9 unspecified atom stereocenters. The van der Waals surface area contributed by atoms with E-state index in [1.807, 2.05) is 0 Å². The van der Waals surface area contributed by atoms with Gasteiger partial charge in [0.15, 0.2) is 0 Å². The Morgan fingerprint density at radius 2 is 1.48 bits per heavy atom. The van der Waals surface area contributed by atoms with Crippen molar-refractivity contribution in [2.24, 2.45) is 51.6 Å². The lowest BCUT2D eigenvalue weighted by Gasteiger charge is -2.57. The van der Waals surface area contributed by atoms with Gasteiger partial charge < -0.3 is 16.2 Å². The molecule has 172 valence electrons. The van der Waals surface area contributed by atoms with Crippen molar-refractivity contribution in [2.75, 3.05) is 21.2 Å². The SMILES string of the molecule is C.CCC1CCC2C3CCC4C(C)C(NC)CCC45CC35CCC12C.CN.CO. The van der Waals surface area contributed by atoms with Crippen LogP contribution in [0.4, 0.5) is 0 Å². The number of aliphatic hydroxyl groups is 1. The highest BCUT2D eigenvalue weighted by atomic mass is 16.2. The van der Waals surface area contributed by atoms with Gasteiger partial charge >= 0.3 is 0 Å². The van der Waals surface area contributed by atoms with E-state index in [1.165, 1.54) is 19.9 Å². The maximum absolute atomic E-state index is 7.00. The van der Waals surface area contributed by atoms with Crippen LogP contribution in [0.5, 0.6) is 0 Å². The average molecular weight is 409 g/mol. The smallest absolute Gasteiger partial charge is 0.0319 e. The first kappa shape index (κ1) is 25.1. The topological polar surface area (TPSA) is 58.3 Å². The molecule has 0 heterocycles. The summed E-state index contributed by atoms with van der Waals surface area (Å²) < 4.78 is 0. The molecule has 0 aromatic carbocycles. The molecule has 5 saturated carbocycles. The van der Waals surface area contributed by atoms with Gasteiger partial charge in [-0.25, -0.2) is 0 Å². The highest BCUT2D eigenvalue weighted by molar-refractivity contribution is 5.27. The average Bonchev–Trinajstić information content (AvgIpc) is 3.28. The Hall–Kier alpha value is -0.120. The molecule has 0 aliphatic heterocycles.